The molecule has 0 unspecified atom stereocenters. The number of phenols is 1. The highest BCUT2D eigenvalue weighted by Crippen LogP contribution is 2.29. The number of cyclic esters (lactones) is 1. The summed E-state index contributed by atoms with van der Waals surface area (Å²) >= 11 is 0. The molecule has 2 saturated heterocycles. The van der Waals surface area contributed by atoms with E-state index >= 15 is 19.2 Å². The molecule has 2 fully saturated rings. The lowest BCUT2D eigenvalue weighted by atomic mass is 9.87. The maximum absolute atomic E-state index is 15.3. The Bertz CT molecular complexity index is 3100. The number of ether oxygens (including phenoxy) is 3. The van der Waals surface area contributed by atoms with Crippen LogP contribution in [0, 0.1) is 23.7 Å². The van der Waals surface area contributed by atoms with Crippen molar-refractivity contribution >= 4 is 76.9 Å². The number of amides is 12. The Hall–Kier alpha value is -8.89. The van der Waals surface area contributed by atoms with Gasteiger partial charge in [-0.1, -0.05) is 90.0 Å². The first-order chi connectivity index (χ1) is 45.9. The molecule has 17 atom stereocenters. The second-order valence-corrected chi connectivity index (χ2v) is 25.1. The number of benzene rings is 1. The predicted molar refractivity (Wildman–Crippen MR) is 351 cm³/mol. The van der Waals surface area contributed by atoms with E-state index in [1.54, 1.807) is 6.92 Å². The number of nitrogens with two attached hydrogens (primary N) is 1. The summed E-state index contributed by atoms with van der Waals surface area (Å²) in [6, 6.07) is -8.79. The molecule has 12 amide bonds. The van der Waals surface area contributed by atoms with E-state index < -0.39 is 204 Å². The zero-order chi connectivity index (χ0) is 74.2. The summed E-state index contributed by atoms with van der Waals surface area (Å²) in [5, 5.41) is 76.9. The van der Waals surface area contributed by atoms with Crippen LogP contribution in [0.5, 0.6) is 5.75 Å². The molecule has 0 radical (unpaired) electrons. The number of fused-ring (bicyclic) bond motifs is 1. The third-order valence-corrected chi connectivity index (χ3v) is 16.8. The Morgan fingerprint density at radius 3 is 2.03 bits per heavy atom. The number of hydrogen-bond donors (Lipinski definition) is 16. The zero-order valence-electron chi connectivity index (χ0n) is 57.9. The number of hydrogen-bond acceptors (Lipinski definition) is 21. The molecule has 1 aromatic rings. The van der Waals surface area contributed by atoms with Crippen LogP contribution in [0.3, 0.4) is 0 Å². The first-order valence-electron chi connectivity index (χ1n) is 32.3. The van der Waals surface area contributed by atoms with Crippen molar-refractivity contribution in [3.63, 3.8) is 0 Å². The second-order valence-electron chi connectivity index (χ2n) is 25.1. The number of aliphatic hydroxyl groups is 4. The van der Waals surface area contributed by atoms with Gasteiger partial charge in [-0.15, -0.1) is 0 Å². The molecule has 98 heavy (non-hydrogen) atoms. The number of phenolic OH excluding ortho intramolecular Hbond substituents is 1. The SMILES string of the molecule is C/C=C(/NC(=O)[C@H](NC(=O)CNC(=O)[C@@](C)(O)[C@@H](O)/C=C\C(C)=C\[C@H](C)CC)[C@@H](C)O)C(=O)N[C@H](C(=O)N[C@H]1C(=O)N[C@H](COC)C(=O)NCC(=O)N[C@@H](C)C(=O)N[C@H]([C@@H](C)O)C(=O)N[C@H]([C@H](OC)c2ccc(O)cc2)C(=O)N2CCCC[C@H]2C(=O)O[C@@H]1C(C)C)[C@@H](C)[C@@H](C)C(N)=O. The van der Waals surface area contributed by atoms with Crippen molar-refractivity contribution in [1.29, 1.82) is 0 Å². The van der Waals surface area contributed by atoms with E-state index in [0.29, 0.717) is 12.8 Å². The first kappa shape index (κ1) is 83.3. The molecule has 1 aromatic carbocycles. The Kier molecular flexibility index (Phi) is 33.1. The Morgan fingerprint density at radius 2 is 1.47 bits per heavy atom. The number of carbonyl (C=O) groups is 13. The van der Waals surface area contributed by atoms with Crippen LogP contribution >= 0.6 is 0 Å². The highest BCUT2D eigenvalue weighted by Gasteiger charge is 2.47. The largest absolute Gasteiger partial charge is 0.508 e. The monoisotopic (exact) mass is 1380 g/mol. The Balaban J connectivity index is 2.15. The van der Waals surface area contributed by atoms with Gasteiger partial charge < -0.3 is 104 Å². The molecule has 0 aromatic heterocycles. The number of piperidine rings is 1. The van der Waals surface area contributed by atoms with Gasteiger partial charge in [0, 0.05) is 26.7 Å². The van der Waals surface area contributed by atoms with Gasteiger partial charge in [0.2, 0.25) is 59.1 Å². The van der Waals surface area contributed by atoms with E-state index in [2.05, 4.69) is 53.2 Å². The third-order valence-electron chi connectivity index (χ3n) is 16.8. The number of nitrogens with one attached hydrogen (secondary N) is 10. The fraction of sp³-hybridized carbons (Fsp3) is 0.615. The van der Waals surface area contributed by atoms with Gasteiger partial charge >= 0.3 is 5.97 Å². The molecule has 2 aliphatic heterocycles. The summed E-state index contributed by atoms with van der Waals surface area (Å²) in [5.74, 6) is -18.1. The van der Waals surface area contributed by atoms with Crippen LogP contribution in [0.2, 0.25) is 0 Å². The van der Waals surface area contributed by atoms with Crippen molar-refractivity contribution in [3.05, 3.63) is 65.4 Å². The summed E-state index contributed by atoms with van der Waals surface area (Å²) in [6.07, 6.45) is -1.20. The van der Waals surface area contributed by atoms with Gasteiger partial charge in [-0.05, 0) is 96.3 Å². The van der Waals surface area contributed by atoms with Gasteiger partial charge in [0.05, 0.1) is 31.9 Å². The highest BCUT2D eigenvalue weighted by molar-refractivity contribution is 6.03. The molecule has 2 aliphatic rings. The zero-order valence-corrected chi connectivity index (χ0v) is 57.9. The van der Waals surface area contributed by atoms with Crippen LogP contribution < -0.4 is 58.9 Å². The maximum atomic E-state index is 15.3. The van der Waals surface area contributed by atoms with Crippen molar-refractivity contribution in [3.8, 4) is 5.75 Å². The lowest BCUT2D eigenvalue weighted by molar-refractivity contribution is -0.168. The van der Waals surface area contributed by atoms with Crippen LogP contribution in [0.25, 0.3) is 0 Å². The number of methoxy groups -OCH3 is 2. The molecule has 0 saturated carbocycles. The van der Waals surface area contributed by atoms with Crippen LogP contribution in [-0.2, 0) is 76.5 Å². The minimum absolute atomic E-state index is 0.0868. The van der Waals surface area contributed by atoms with Gasteiger partial charge in [0.15, 0.2) is 5.60 Å². The number of esters is 1. The van der Waals surface area contributed by atoms with Crippen LogP contribution in [0.1, 0.15) is 120 Å². The smallest absolute Gasteiger partial charge is 0.329 e. The predicted octanol–water partition coefficient (Wildman–Crippen LogP) is -3.47. The standard InChI is InChI=1S/C65H100N12O21/c1-15-32(5)27-33(6)20-25-44(81)65(12,95)64(94)68-29-46(83)72-48(37(10)78)59(89)70-41(16-2)57(87)73-47(34(7)35(8)54(66)84)58(88)75-50-52(31(3)4)98-63(93)43-19-17-18-26-77(43)62(92)51(53(97-14)39-21-23-40(80)24-22-39)76-60(90)49(38(11)79)74-55(85)36(9)69-45(82)28-67-56(86)42(30-96-13)71-61(50)91/h16,20-25,27,31-32,34-38,42-44,47-53,78-81,95H,15,17-19,26,28-30H2,1-14H3,(H2,66,84)(H,67,86)(H,68,94)(H,69,82)(H,70,89)(H,71,91)(H,72,83)(H,73,87)(H,74,85)(H,75,88)(H,76,90)/b25-20-,33-27+,41-16+/t32-,34+,35-,36+,37-,38-,42-,43+,44+,47+,48-,49-,50-,51-,52-,53-,65+/m1/s1. The van der Waals surface area contributed by atoms with E-state index in [4.69, 9.17) is 19.9 Å². The third kappa shape index (κ3) is 24.0. The molecule has 17 N–H and O–H groups in total. The molecule has 3 rings (SSSR count). The Morgan fingerprint density at radius 1 is 0.837 bits per heavy atom. The number of rotatable bonds is 26. The van der Waals surface area contributed by atoms with E-state index in [1.165, 1.54) is 92.0 Å². The summed E-state index contributed by atoms with van der Waals surface area (Å²) in [4.78, 5) is 184. The van der Waals surface area contributed by atoms with Crippen LogP contribution in [0.15, 0.2) is 59.8 Å². The molecule has 0 bridgehead atoms. The number of allylic oxidation sites excluding steroid dienone is 4. The van der Waals surface area contributed by atoms with E-state index in [0.717, 1.165) is 43.9 Å². The molecule has 0 spiro atoms. The molecule has 2 heterocycles. The molecule has 33 nitrogen and oxygen atoms in total. The van der Waals surface area contributed by atoms with Gasteiger partial charge in [-0.25, -0.2) is 4.79 Å². The van der Waals surface area contributed by atoms with E-state index in [9.17, 15) is 68.7 Å². The molecule has 33 heteroatoms. The highest BCUT2D eigenvalue weighted by atomic mass is 16.5. The number of aromatic hydroxyl groups is 1. The van der Waals surface area contributed by atoms with Gasteiger partial charge in [-0.3, -0.25) is 57.5 Å². The molecule has 0 aliphatic carbocycles. The minimum atomic E-state index is -2.45. The average Bonchev–Trinajstić information content (AvgIpc) is 0.801. The van der Waals surface area contributed by atoms with E-state index in [-0.39, 0.29) is 30.2 Å². The van der Waals surface area contributed by atoms with Crippen molar-refractivity contribution < 1.29 is 102 Å². The summed E-state index contributed by atoms with van der Waals surface area (Å²) in [5.41, 5.74) is 3.63. The fourth-order valence-electron chi connectivity index (χ4n) is 10.4. The minimum Gasteiger partial charge on any atom is -0.508 e. The van der Waals surface area contributed by atoms with Gasteiger partial charge in [-0.2, -0.15) is 0 Å². The number of carbonyl (C=O) groups excluding carboxylic acids is 13. The number of aliphatic hydroxyl groups excluding tert-OH is 3. The second kappa shape index (κ2) is 38.9. The van der Waals surface area contributed by atoms with Crippen LogP contribution in [0.4, 0.5) is 0 Å². The lowest BCUT2D eigenvalue weighted by Gasteiger charge is -2.40. The van der Waals surface area contributed by atoms with Crippen molar-refractivity contribution in [2.75, 3.05) is 40.5 Å². The topological polar surface area (TPSA) is 500 Å². The maximum Gasteiger partial charge on any atom is 0.329 e. The summed E-state index contributed by atoms with van der Waals surface area (Å²) < 4.78 is 17.3. The number of nitrogens with zero attached hydrogens (tertiary/aromatic N) is 1. The van der Waals surface area contributed by atoms with Gasteiger partial charge in [0.1, 0.15) is 78.1 Å². The quantitative estimate of drug-likeness (QED) is 0.0243. The molecular weight excluding hydrogens is 1280 g/mol. The average molecular weight is 1390 g/mol. The van der Waals surface area contributed by atoms with Crippen molar-refractivity contribution in [2.24, 2.45) is 29.4 Å². The summed E-state index contributed by atoms with van der Waals surface area (Å²) in [6.45, 7) is 14.6. The normalized spacial score (nSPS) is 24.1. The van der Waals surface area contributed by atoms with E-state index in [1.807, 2.05) is 19.9 Å². The van der Waals surface area contributed by atoms with Crippen LogP contribution in [-0.4, -0.2) is 226 Å². The molecular formula is C65H100N12O21. The van der Waals surface area contributed by atoms with Crippen molar-refractivity contribution in [1.82, 2.24) is 58.1 Å². The summed E-state index contributed by atoms with van der Waals surface area (Å²) in [7, 11) is 2.36. The lowest BCUT2D eigenvalue weighted by Crippen LogP contribution is -2.64. The molecule has 546 valence electrons. The Labute approximate surface area is 569 Å². The van der Waals surface area contributed by atoms with Crippen molar-refractivity contribution in [2.45, 2.75) is 193 Å². The fourth-order valence-corrected chi connectivity index (χ4v) is 10.4. The van der Waals surface area contributed by atoms with Gasteiger partial charge in [0.25, 0.3) is 11.8 Å². The number of primary amides is 1. The first-order valence-corrected chi connectivity index (χ1v) is 32.3.